The van der Waals surface area contributed by atoms with Crippen LogP contribution in [0.15, 0.2) is 29.2 Å². The standard InChI is InChI=1S/C13H19NO3S/c1-18(16,17)13-6-4-11(5-7-13)9-14-8-2-3-12(14)10-15/h4-7,12,15H,2-3,8-10H2,1H3/t12-/m1/s1. The third-order valence-electron chi connectivity index (χ3n) is 3.45. The van der Waals surface area contributed by atoms with Gasteiger partial charge in [-0.1, -0.05) is 12.1 Å². The van der Waals surface area contributed by atoms with E-state index in [1.165, 1.54) is 6.26 Å². The number of hydrogen-bond acceptors (Lipinski definition) is 4. The van der Waals surface area contributed by atoms with Crippen molar-refractivity contribution in [1.82, 2.24) is 4.90 Å². The number of hydrogen-bond donors (Lipinski definition) is 1. The van der Waals surface area contributed by atoms with Gasteiger partial charge in [0.05, 0.1) is 11.5 Å². The van der Waals surface area contributed by atoms with Crippen molar-refractivity contribution in [2.45, 2.75) is 30.3 Å². The first-order chi connectivity index (χ1) is 8.50. The molecule has 0 unspecified atom stereocenters. The largest absolute Gasteiger partial charge is 0.395 e. The Kier molecular flexibility index (Phi) is 4.04. The maximum Gasteiger partial charge on any atom is 0.175 e. The molecule has 1 N–H and O–H groups in total. The lowest BCUT2D eigenvalue weighted by molar-refractivity contribution is 0.153. The van der Waals surface area contributed by atoms with Crippen molar-refractivity contribution >= 4 is 9.84 Å². The number of aliphatic hydroxyl groups is 1. The third kappa shape index (κ3) is 3.10. The Morgan fingerprint density at radius 1 is 1.33 bits per heavy atom. The Labute approximate surface area is 108 Å². The number of likely N-dealkylation sites (tertiary alicyclic amines) is 1. The van der Waals surface area contributed by atoms with E-state index in [0.29, 0.717) is 4.90 Å². The van der Waals surface area contributed by atoms with Crippen molar-refractivity contribution in [1.29, 1.82) is 0 Å². The molecule has 2 rings (SSSR count). The first kappa shape index (κ1) is 13.5. The number of benzene rings is 1. The molecule has 1 saturated heterocycles. The zero-order valence-corrected chi connectivity index (χ0v) is 11.4. The fourth-order valence-electron chi connectivity index (χ4n) is 2.39. The number of nitrogens with zero attached hydrogens (tertiary/aromatic N) is 1. The molecule has 1 aromatic rings. The molecule has 5 heteroatoms. The van der Waals surface area contributed by atoms with Crippen LogP contribution in [0.1, 0.15) is 18.4 Å². The van der Waals surface area contributed by atoms with E-state index in [1.807, 2.05) is 12.1 Å². The average molecular weight is 269 g/mol. The molecule has 1 aliphatic heterocycles. The van der Waals surface area contributed by atoms with E-state index in [2.05, 4.69) is 4.90 Å². The lowest BCUT2D eigenvalue weighted by Gasteiger charge is -2.22. The average Bonchev–Trinajstić information content (AvgIpc) is 2.76. The molecule has 1 fully saturated rings. The van der Waals surface area contributed by atoms with Crippen LogP contribution in [0.5, 0.6) is 0 Å². The van der Waals surface area contributed by atoms with Crippen molar-refractivity contribution in [3.05, 3.63) is 29.8 Å². The van der Waals surface area contributed by atoms with Gasteiger partial charge in [0.1, 0.15) is 0 Å². The Bertz CT molecular complexity index is 495. The van der Waals surface area contributed by atoms with Gasteiger partial charge in [-0.05, 0) is 37.1 Å². The Hall–Kier alpha value is -0.910. The van der Waals surface area contributed by atoms with Crippen molar-refractivity contribution in [2.24, 2.45) is 0 Å². The van der Waals surface area contributed by atoms with Gasteiger partial charge in [0.2, 0.25) is 0 Å². The van der Waals surface area contributed by atoms with E-state index in [4.69, 9.17) is 0 Å². The summed E-state index contributed by atoms with van der Waals surface area (Å²) in [6, 6.07) is 7.25. The highest BCUT2D eigenvalue weighted by Gasteiger charge is 2.23. The van der Waals surface area contributed by atoms with Gasteiger partial charge in [0, 0.05) is 18.8 Å². The molecule has 0 aliphatic carbocycles. The van der Waals surface area contributed by atoms with Gasteiger partial charge in [-0.2, -0.15) is 0 Å². The molecule has 100 valence electrons. The monoisotopic (exact) mass is 269 g/mol. The van der Waals surface area contributed by atoms with Crippen LogP contribution in [0.25, 0.3) is 0 Å². The van der Waals surface area contributed by atoms with Crippen LogP contribution in [-0.2, 0) is 16.4 Å². The normalized spacial score (nSPS) is 21.3. The Morgan fingerprint density at radius 3 is 2.56 bits per heavy atom. The Morgan fingerprint density at radius 2 is 2.00 bits per heavy atom. The zero-order valence-electron chi connectivity index (χ0n) is 10.5. The summed E-state index contributed by atoms with van der Waals surface area (Å²) in [7, 11) is -3.12. The SMILES string of the molecule is CS(=O)(=O)c1ccc(CN2CCC[C@@H]2CO)cc1. The molecule has 1 heterocycles. The molecule has 1 atom stereocenters. The van der Waals surface area contributed by atoms with E-state index >= 15 is 0 Å². The minimum absolute atomic E-state index is 0.196. The van der Waals surface area contributed by atoms with Gasteiger partial charge in [0.25, 0.3) is 0 Å². The molecular weight excluding hydrogens is 250 g/mol. The van der Waals surface area contributed by atoms with E-state index < -0.39 is 9.84 Å². The van der Waals surface area contributed by atoms with E-state index in [-0.39, 0.29) is 12.6 Å². The molecule has 18 heavy (non-hydrogen) atoms. The number of sulfone groups is 1. The summed E-state index contributed by atoms with van der Waals surface area (Å²) in [5, 5.41) is 9.24. The van der Waals surface area contributed by atoms with Crippen LogP contribution in [-0.4, -0.2) is 43.9 Å². The molecular formula is C13H19NO3S. The van der Waals surface area contributed by atoms with Gasteiger partial charge in [-0.3, -0.25) is 4.90 Å². The van der Waals surface area contributed by atoms with Gasteiger partial charge in [-0.15, -0.1) is 0 Å². The van der Waals surface area contributed by atoms with Crippen LogP contribution in [0.4, 0.5) is 0 Å². The fraction of sp³-hybridized carbons (Fsp3) is 0.538. The predicted molar refractivity (Wildman–Crippen MR) is 70.1 cm³/mol. The van der Waals surface area contributed by atoms with E-state index in [0.717, 1.165) is 31.5 Å². The highest BCUT2D eigenvalue weighted by atomic mass is 32.2. The van der Waals surface area contributed by atoms with Gasteiger partial charge in [-0.25, -0.2) is 8.42 Å². The second kappa shape index (κ2) is 5.38. The van der Waals surface area contributed by atoms with Crippen molar-refractivity contribution < 1.29 is 13.5 Å². The molecule has 0 spiro atoms. The molecule has 0 bridgehead atoms. The second-order valence-corrected chi connectivity index (χ2v) is 6.88. The maximum atomic E-state index is 11.3. The number of aliphatic hydroxyl groups excluding tert-OH is 1. The van der Waals surface area contributed by atoms with Crippen LogP contribution >= 0.6 is 0 Å². The predicted octanol–water partition coefficient (Wildman–Crippen LogP) is 1.05. The van der Waals surface area contributed by atoms with E-state index in [1.54, 1.807) is 12.1 Å². The first-order valence-electron chi connectivity index (χ1n) is 6.14. The molecule has 0 radical (unpaired) electrons. The second-order valence-electron chi connectivity index (χ2n) is 4.87. The zero-order chi connectivity index (χ0) is 13.2. The first-order valence-corrected chi connectivity index (χ1v) is 8.04. The Balaban J connectivity index is 2.07. The quantitative estimate of drug-likeness (QED) is 0.887. The summed E-state index contributed by atoms with van der Waals surface area (Å²) < 4.78 is 22.7. The van der Waals surface area contributed by atoms with Gasteiger partial charge < -0.3 is 5.11 Å². The maximum absolute atomic E-state index is 11.3. The topological polar surface area (TPSA) is 57.6 Å². The minimum atomic E-state index is -3.12. The fourth-order valence-corrected chi connectivity index (χ4v) is 3.02. The summed E-state index contributed by atoms with van der Waals surface area (Å²) >= 11 is 0. The summed E-state index contributed by atoms with van der Waals surface area (Å²) in [6.07, 6.45) is 3.37. The minimum Gasteiger partial charge on any atom is -0.395 e. The third-order valence-corrected chi connectivity index (χ3v) is 4.58. The molecule has 0 aromatic heterocycles. The smallest absolute Gasteiger partial charge is 0.175 e. The summed E-state index contributed by atoms with van der Waals surface area (Å²) in [4.78, 5) is 2.60. The van der Waals surface area contributed by atoms with Crippen molar-refractivity contribution in [3.8, 4) is 0 Å². The molecule has 1 aliphatic rings. The highest BCUT2D eigenvalue weighted by Crippen LogP contribution is 2.20. The van der Waals surface area contributed by atoms with Crippen molar-refractivity contribution in [2.75, 3.05) is 19.4 Å². The van der Waals surface area contributed by atoms with Crippen molar-refractivity contribution in [3.63, 3.8) is 0 Å². The van der Waals surface area contributed by atoms with Gasteiger partial charge in [0.15, 0.2) is 9.84 Å². The van der Waals surface area contributed by atoms with Crippen LogP contribution in [0.3, 0.4) is 0 Å². The van der Waals surface area contributed by atoms with Crippen LogP contribution < -0.4 is 0 Å². The molecule has 1 aromatic carbocycles. The highest BCUT2D eigenvalue weighted by molar-refractivity contribution is 7.90. The lowest BCUT2D eigenvalue weighted by atomic mass is 10.2. The number of rotatable bonds is 4. The van der Waals surface area contributed by atoms with E-state index in [9.17, 15) is 13.5 Å². The molecule has 0 saturated carbocycles. The van der Waals surface area contributed by atoms with Crippen LogP contribution in [0.2, 0.25) is 0 Å². The summed E-state index contributed by atoms with van der Waals surface area (Å²) in [5.74, 6) is 0. The lowest BCUT2D eigenvalue weighted by Crippen LogP contribution is -2.31. The van der Waals surface area contributed by atoms with Crippen LogP contribution in [0, 0.1) is 0 Å². The van der Waals surface area contributed by atoms with Gasteiger partial charge >= 0.3 is 0 Å². The summed E-state index contributed by atoms with van der Waals surface area (Å²) in [5.41, 5.74) is 1.09. The molecule has 0 amide bonds. The summed E-state index contributed by atoms with van der Waals surface area (Å²) in [6.45, 7) is 1.97. The molecule has 4 nitrogen and oxygen atoms in total.